The van der Waals surface area contributed by atoms with E-state index in [0.717, 1.165) is 33.9 Å². The van der Waals surface area contributed by atoms with Gasteiger partial charge in [0.1, 0.15) is 5.75 Å². The van der Waals surface area contributed by atoms with Crippen molar-refractivity contribution in [2.24, 2.45) is 0 Å². The molecule has 0 unspecified atom stereocenters. The van der Waals surface area contributed by atoms with Gasteiger partial charge in [-0.2, -0.15) is 4.98 Å². The van der Waals surface area contributed by atoms with Crippen LogP contribution in [0.3, 0.4) is 0 Å². The lowest BCUT2D eigenvalue weighted by Gasteiger charge is -2.11. The lowest BCUT2D eigenvalue weighted by Crippen LogP contribution is -2.13. The summed E-state index contributed by atoms with van der Waals surface area (Å²) < 4.78 is 7.34. The largest absolute Gasteiger partial charge is 0.494 e. The number of halogens is 1. The van der Waals surface area contributed by atoms with Gasteiger partial charge in [-0.15, -0.1) is 0 Å². The molecule has 2 aromatic heterocycles. The van der Waals surface area contributed by atoms with Crippen molar-refractivity contribution in [2.75, 3.05) is 18.5 Å². The quantitative estimate of drug-likeness (QED) is 0.434. The molecular weight excluding hydrogens is 402 g/mol. The normalized spacial score (nSPS) is 11.0. The molecule has 0 aliphatic rings. The van der Waals surface area contributed by atoms with Gasteiger partial charge in [-0.3, -0.25) is 9.89 Å². The fourth-order valence-corrected chi connectivity index (χ4v) is 3.15. The first-order chi connectivity index (χ1) is 14.5. The Balaban J connectivity index is 1.45. The standard InChI is InChI=1S/C22H22ClN5O2/c1-14-4-6-16(7-5-14)21-25-19-13-20(29)27-28(19)22(26-21)24-10-3-11-30-17-8-9-18(23)15(2)12-17/h4-9,12-13H,3,10-11H2,1-2H3,(H,27,29)(H,24,25,26). The second kappa shape index (κ2) is 8.59. The van der Waals surface area contributed by atoms with Gasteiger partial charge in [-0.1, -0.05) is 41.4 Å². The van der Waals surface area contributed by atoms with Crippen LogP contribution in [0.2, 0.25) is 5.02 Å². The molecule has 0 atom stereocenters. The molecule has 0 aliphatic carbocycles. The molecule has 4 aromatic rings. The summed E-state index contributed by atoms with van der Waals surface area (Å²) in [5.41, 5.74) is 3.32. The highest BCUT2D eigenvalue weighted by Crippen LogP contribution is 2.21. The van der Waals surface area contributed by atoms with Crippen LogP contribution in [0.15, 0.2) is 53.3 Å². The Labute approximate surface area is 178 Å². The van der Waals surface area contributed by atoms with E-state index in [1.807, 2.05) is 56.3 Å². The Hall–Kier alpha value is -3.32. The molecule has 0 radical (unpaired) electrons. The Bertz CT molecular complexity index is 1230. The van der Waals surface area contributed by atoms with Gasteiger partial charge in [0, 0.05) is 23.2 Å². The third-order valence-corrected chi connectivity index (χ3v) is 5.09. The summed E-state index contributed by atoms with van der Waals surface area (Å²) in [6, 6.07) is 15.0. The number of hydrogen-bond donors (Lipinski definition) is 2. The van der Waals surface area contributed by atoms with Crippen molar-refractivity contribution in [3.8, 4) is 17.1 Å². The number of aromatic nitrogens is 4. The molecule has 0 fully saturated rings. The molecule has 4 rings (SSSR count). The first-order valence-corrected chi connectivity index (χ1v) is 10.1. The lowest BCUT2D eigenvalue weighted by molar-refractivity contribution is 0.314. The van der Waals surface area contributed by atoms with Crippen molar-refractivity contribution in [1.82, 2.24) is 19.6 Å². The number of nitrogens with zero attached hydrogens (tertiary/aromatic N) is 3. The van der Waals surface area contributed by atoms with Crippen molar-refractivity contribution in [3.05, 3.63) is 75.0 Å². The van der Waals surface area contributed by atoms with Crippen LogP contribution in [0, 0.1) is 13.8 Å². The Morgan fingerprint density at radius 3 is 2.67 bits per heavy atom. The van der Waals surface area contributed by atoms with E-state index in [2.05, 4.69) is 20.4 Å². The fraction of sp³-hybridized carbons (Fsp3) is 0.227. The third kappa shape index (κ3) is 4.46. The summed E-state index contributed by atoms with van der Waals surface area (Å²) in [4.78, 5) is 20.9. The van der Waals surface area contributed by atoms with Gasteiger partial charge in [0.2, 0.25) is 5.95 Å². The van der Waals surface area contributed by atoms with Crippen LogP contribution in [0.1, 0.15) is 17.5 Å². The predicted molar refractivity (Wildman–Crippen MR) is 119 cm³/mol. The number of nitrogens with one attached hydrogen (secondary N) is 2. The summed E-state index contributed by atoms with van der Waals surface area (Å²) >= 11 is 6.04. The topological polar surface area (TPSA) is 84.3 Å². The van der Waals surface area contributed by atoms with E-state index in [-0.39, 0.29) is 5.56 Å². The van der Waals surface area contributed by atoms with Crippen LogP contribution >= 0.6 is 11.6 Å². The minimum Gasteiger partial charge on any atom is -0.494 e. The molecule has 0 bridgehead atoms. The zero-order valence-corrected chi connectivity index (χ0v) is 17.5. The van der Waals surface area contributed by atoms with Crippen molar-refractivity contribution in [2.45, 2.75) is 20.3 Å². The van der Waals surface area contributed by atoms with Gasteiger partial charge in [0.25, 0.3) is 5.56 Å². The SMILES string of the molecule is Cc1ccc(-c2nc(NCCCOc3ccc(Cl)c(C)c3)n3[nH]c(=O)cc3n2)cc1. The second-order valence-electron chi connectivity index (χ2n) is 7.09. The van der Waals surface area contributed by atoms with E-state index in [9.17, 15) is 4.79 Å². The minimum atomic E-state index is -0.227. The zero-order valence-electron chi connectivity index (χ0n) is 16.8. The lowest BCUT2D eigenvalue weighted by atomic mass is 10.1. The molecule has 0 saturated heterocycles. The Morgan fingerprint density at radius 1 is 1.10 bits per heavy atom. The maximum atomic E-state index is 11.8. The van der Waals surface area contributed by atoms with Gasteiger partial charge in [0.05, 0.1) is 6.61 Å². The maximum Gasteiger partial charge on any atom is 0.266 e. The van der Waals surface area contributed by atoms with E-state index in [1.54, 1.807) is 4.52 Å². The maximum absolute atomic E-state index is 11.8. The smallest absolute Gasteiger partial charge is 0.266 e. The molecule has 8 heteroatoms. The highest BCUT2D eigenvalue weighted by atomic mass is 35.5. The van der Waals surface area contributed by atoms with E-state index in [0.29, 0.717) is 30.6 Å². The molecule has 154 valence electrons. The molecule has 0 amide bonds. The van der Waals surface area contributed by atoms with E-state index in [1.165, 1.54) is 6.07 Å². The third-order valence-electron chi connectivity index (χ3n) is 4.67. The first-order valence-electron chi connectivity index (χ1n) is 9.69. The number of H-pyrrole nitrogens is 1. The van der Waals surface area contributed by atoms with Gasteiger partial charge >= 0.3 is 0 Å². The number of anilines is 1. The van der Waals surface area contributed by atoms with E-state index < -0.39 is 0 Å². The van der Waals surface area contributed by atoms with E-state index >= 15 is 0 Å². The van der Waals surface area contributed by atoms with Gasteiger partial charge < -0.3 is 10.1 Å². The average molecular weight is 424 g/mol. The van der Waals surface area contributed by atoms with Crippen LogP contribution in [0.5, 0.6) is 5.75 Å². The average Bonchev–Trinajstić information content (AvgIpc) is 3.11. The van der Waals surface area contributed by atoms with Crippen LogP contribution < -0.4 is 15.6 Å². The molecule has 0 saturated carbocycles. The molecule has 2 heterocycles. The number of aryl methyl sites for hydroxylation is 2. The van der Waals surface area contributed by atoms with Crippen molar-refractivity contribution >= 4 is 23.2 Å². The number of fused-ring (bicyclic) bond motifs is 1. The summed E-state index contributed by atoms with van der Waals surface area (Å²) in [7, 11) is 0. The minimum absolute atomic E-state index is 0.227. The summed E-state index contributed by atoms with van der Waals surface area (Å²) in [6.45, 7) is 5.13. The van der Waals surface area contributed by atoms with Gasteiger partial charge in [-0.05, 0) is 44.0 Å². The molecule has 7 nitrogen and oxygen atoms in total. The first kappa shape index (κ1) is 20.0. The molecule has 2 N–H and O–H groups in total. The van der Waals surface area contributed by atoms with Crippen molar-refractivity contribution < 1.29 is 4.74 Å². The van der Waals surface area contributed by atoms with Gasteiger partial charge in [-0.25, -0.2) is 9.50 Å². The molecule has 0 spiro atoms. The Kier molecular flexibility index (Phi) is 5.72. The van der Waals surface area contributed by atoms with Crippen LogP contribution in [0.25, 0.3) is 17.0 Å². The van der Waals surface area contributed by atoms with Crippen LogP contribution in [-0.4, -0.2) is 32.7 Å². The number of hydrogen-bond acceptors (Lipinski definition) is 5. The Morgan fingerprint density at radius 2 is 1.90 bits per heavy atom. The van der Waals surface area contributed by atoms with Crippen molar-refractivity contribution in [3.63, 3.8) is 0 Å². The molecule has 2 aromatic carbocycles. The second-order valence-corrected chi connectivity index (χ2v) is 7.50. The summed E-state index contributed by atoms with van der Waals surface area (Å²) in [5.74, 6) is 1.88. The molecule has 30 heavy (non-hydrogen) atoms. The number of aromatic amines is 1. The van der Waals surface area contributed by atoms with Crippen LogP contribution in [-0.2, 0) is 0 Å². The van der Waals surface area contributed by atoms with E-state index in [4.69, 9.17) is 16.3 Å². The van der Waals surface area contributed by atoms with Crippen LogP contribution in [0.4, 0.5) is 5.95 Å². The fourth-order valence-electron chi connectivity index (χ4n) is 3.03. The molecule has 0 aliphatic heterocycles. The van der Waals surface area contributed by atoms with Gasteiger partial charge in [0.15, 0.2) is 11.5 Å². The zero-order chi connectivity index (χ0) is 21.1. The summed E-state index contributed by atoms with van der Waals surface area (Å²) in [6.07, 6.45) is 0.749. The number of rotatable bonds is 7. The number of benzene rings is 2. The molecular formula is C22H22ClN5O2. The highest BCUT2D eigenvalue weighted by Gasteiger charge is 2.10. The monoisotopic (exact) mass is 423 g/mol. The van der Waals surface area contributed by atoms with Crippen molar-refractivity contribution in [1.29, 1.82) is 0 Å². The highest BCUT2D eigenvalue weighted by molar-refractivity contribution is 6.31. The summed E-state index contributed by atoms with van der Waals surface area (Å²) in [5, 5.41) is 6.72. The predicted octanol–water partition coefficient (Wildman–Crippen LogP) is 4.24. The number of ether oxygens (including phenoxy) is 1.